The minimum absolute atomic E-state index is 0. The first-order chi connectivity index (χ1) is 22.9. The standard InChI is InChI=1S/C18H21F3N4O3.C12H12F3N5O.ClH/c1-5-27-16-24-12(6-7-14(26)28-17(2,3)4)8-13(25-16)11-9-22-15(23-10-11)18(19,20)21;1-2-21-11-19-8(4-16)3-9(20-11)7-5-17-10(18-6-7)12(13,14)15;/h8-10H,5-7H2,1-4H3;3,5-6H,2,4,16H2,1H3;1H. The molecule has 4 aromatic rings. The molecule has 0 aromatic carbocycles. The van der Waals surface area contributed by atoms with Crippen LogP contribution in [-0.4, -0.2) is 64.7 Å². The van der Waals surface area contributed by atoms with Crippen molar-refractivity contribution in [2.45, 2.75) is 72.0 Å². The minimum Gasteiger partial charge on any atom is -0.464 e. The van der Waals surface area contributed by atoms with Crippen molar-refractivity contribution in [1.29, 1.82) is 0 Å². The SMILES string of the molecule is CCOc1nc(CCC(=O)OC(C)(C)C)cc(-c2cnc(C(F)(F)F)nc2)n1.CCOc1nc(CN)cc(-c2cnc(C(F)(F)F)nc2)n1.Cl. The number of nitrogens with two attached hydrogens (primary N) is 1. The topological polar surface area (TPSA) is 174 Å². The highest BCUT2D eigenvalue weighted by Gasteiger charge is 2.35. The van der Waals surface area contributed by atoms with Crippen LogP contribution in [0.2, 0.25) is 0 Å². The first-order valence-corrected chi connectivity index (χ1v) is 14.6. The summed E-state index contributed by atoms with van der Waals surface area (Å²) in [6.45, 7) is 9.63. The van der Waals surface area contributed by atoms with Crippen molar-refractivity contribution in [1.82, 2.24) is 39.9 Å². The van der Waals surface area contributed by atoms with E-state index in [1.54, 1.807) is 46.8 Å². The summed E-state index contributed by atoms with van der Waals surface area (Å²) in [5.41, 5.74) is 7.15. The lowest BCUT2D eigenvalue weighted by Crippen LogP contribution is -2.24. The van der Waals surface area contributed by atoms with E-state index in [1.165, 1.54) is 0 Å². The zero-order valence-electron chi connectivity index (χ0n) is 27.5. The van der Waals surface area contributed by atoms with Crippen molar-refractivity contribution < 1.29 is 45.3 Å². The normalized spacial score (nSPS) is 11.5. The molecule has 50 heavy (non-hydrogen) atoms. The van der Waals surface area contributed by atoms with Crippen LogP contribution in [0, 0.1) is 0 Å². The molecule has 0 bridgehead atoms. The van der Waals surface area contributed by atoms with Gasteiger partial charge in [0.15, 0.2) is 0 Å². The molecule has 0 unspecified atom stereocenters. The predicted octanol–water partition coefficient (Wildman–Crippen LogP) is 5.86. The van der Waals surface area contributed by atoms with Crippen LogP contribution >= 0.6 is 12.4 Å². The number of aryl methyl sites for hydroxylation is 1. The molecule has 0 atom stereocenters. The summed E-state index contributed by atoms with van der Waals surface area (Å²) in [7, 11) is 0. The summed E-state index contributed by atoms with van der Waals surface area (Å²) >= 11 is 0. The second kappa shape index (κ2) is 17.7. The number of rotatable bonds is 10. The molecule has 4 rings (SSSR count). The fraction of sp³-hybridized carbons (Fsp3) is 0.433. The summed E-state index contributed by atoms with van der Waals surface area (Å²) in [6.07, 6.45) is -4.70. The fourth-order valence-electron chi connectivity index (χ4n) is 3.70. The van der Waals surface area contributed by atoms with Gasteiger partial charge in [-0.1, -0.05) is 0 Å². The van der Waals surface area contributed by atoms with E-state index in [1.807, 2.05) is 0 Å². The Morgan fingerprint density at radius 3 is 1.46 bits per heavy atom. The first-order valence-electron chi connectivity index (χ1n) is 14.6. The Hall–Kier alpha value is -4.78. The van der Waals surface area contributed by atoms with Gasteiger partial charge < -0.3 is 19.9 Å². The Balaban J connectivity index is 0.000000353. The summed E-state index contributed by atoms with van der Waals surface area (Å²) in [6, 6.07) is 3.27. The number of ether oxygens (including phenoxy) is 3. The monoisotopic (exact) mass is 733 g/mol. The van der Waals surface area contributed by atoms with Crippen LogP contribution < -0.4 is 15.2 Å². The van der Waals surface area contributed by atoms with E-state index < -0.39 is 29.6 Å². The number of hydrogen-bond acceptors (Lipinski definition) is 13. The molecule has 13 nitrogen and oxygen atoms in total. The number of esters is 1. The van der Waals surface area contributed by atoms with Gasteiger partial charge in [0.05, 0.1) is 36.7 Å². The van der Waals surface area contributed by atoms with Gasteiger partial charge in [0.1, 0.15) is 5.60 Å². The third kappa shape index (κ3) is 12.9. The highest BCUT2D eigenvalue weighted by atomic mass is 35.5. The summed E-state index contributed by atoms with van der Waals surface area (Å²) in [5.74, 6) is -2.83. The molecule has 0 aliphatic heterocycles. The zero-order valence-corrected chi connectivity index (χ0v) is 28.3. The Labute approximate surface area is 288 Å². The highest BCUT2D eigenvalue weighted by molar-refractivity contribution is 5.85. The second-order valence-corrected chi connectivity index (χ2v) is 10.8. The molecule has 4 heterocycles. The Bertz CT molecular complexity index is 1690. The molecule has 0 radical (unpaired) electrons. The Kier molecular flexibility index (Phi) is 14.7. The summed E-state index contributed by atoms with van der Waals surface area (Å²) in [4.78, 5) is 41.7. The second-order valence-electron chi connectivity index (χ2n) is 10.8. The van der Waals surface area contributed by atoms with Gasteiger partial charge in [-0.2, -0.15) is 41.3 Å². The number of nitrogens with zero attached hydrogens (tertiary/aromatic N) is 8. The lowest BCUT2D eigenvalue weighted by molar-refractivity contribution is -0.154. The molecule has 272 valence electrons. The van der Waals surface area contributed by atoms with Crippen LogP contribution in [0.15, 0.2) is 36.9 Å². The Morgan fingerprint density at radius 2 is 1.10 bits per heavy atom. The number of carbonyl (C=O) groups excluding carboxylic acids is 1. The largest absolute Gasteiger partial charge is 0.464 e. The first kappa shape index (κ1) is 41.4. The van der Waals surface area contributed by atoms with Crippen LogP contribution in [0.5, 0.6) is 12.0 Å². The number of carbonyl (C=O) groups is 1. The number of halogens is 7. The summed E-state index contributed by atoms with van der Waals surface area (Å²) < 4.78 is 90.9. The van der Waals surface area contributed by atoms with Gasteiger partial charge in [-0.25, -0.2) is 24.9 Å². The van der Waals surface area contributed by atoms with E-state index in [2.05, 4.69) is 39.9 Å². The van der Waals surface area contributed by atoms with Crippen molar-refractivity contribution in [3.8, 4) is 34.5 Å². The molecule has 0 aliphatic carbocycles. The van der Waals surface area contributed by atoms with E-state index in [9.17, 15) is 31.1 Å². The van der Waals surface area contributed by atoms with E-state index in [0.717, 1.165) is 24.8 Å². The zero-order chi connectivity index (χ0) is 36.4. The van der Waals surface area contributed by atoms with Gasteiger partial charge in [-0.05, 0) is 46.8 Å². The van der Waals surface area contributed by atoms with Gasteiger partial charge in [-0.3, -0.25) is 4.79 Å². The maximum atomic E-state index is 12.6. The van der Waals surface area contributed by atoms with Crippen LogP contribution in [0.25, 0.3) is 22.5 Å². The molecule has 2 N–H and O–H groups in total. The van der Waals surface area contributed by atoms with E-state index in [4.69, 9.17) is 19.9 Å². The highest BCUT2D eigenvalue weighted by Crippen LogP contribution is 2.28. The molecule has 0 amide bonds. The van der Waals surface area contributed by atoms with Crippen molar-refractivity contribution in [2.75, 3.05) is 13.2 Å². The van der Waals surface area contributed by atoms with Gasteiger partial charge in [-0.15, -0.1) is 12.4 Å². The van der Waals surface area contributed by atoms with Crippen molar-refractivity contribution in [3.63, 3.8) is 0 Å². The van der Waals surface area contributed by atoms with Gasteiger partial charge in [0, 0.05) is 54.6 Å². The average Bonchev–Trinajstić information content (AvgIpc) is 3.03. The van der Waals surface area contributed by atoms with Crippen LogP contribution in [0.3, 0.4) is 0 Å². The van der Waals surface area contributed by atoms with Gasteiger partial charge in [0.2, 0.25) is 11.6 Å². The quantitative estimate of drug-likeness (QED) is 0.152. The molecule has 0 fully saturated rings. The van der Waals surface area contributed by atoms with Crippen molar-refractivity contribution in [2.24, 2.45) is 5.73 Å². The van der Waals surface area contributed by atoms with E-state index in [0.29, 0.717) is 41.6 Å². The van der Waals surface area contributed by atoms with Crippen LogP contribution in [0.4, 0.5) is 26.3 Å². The van der Waals surface area contributed by atoms with Gasteiger partial charge in [0.25, 0.3) is 0 Å². The molecule has 0 saturated heterocycles. The van der Waals surface area contributed by atoms with Crippen molar-refractivity contribution in [3.05, 3.63) is 60.0 Å². The molecule has 0 aliphatic rings. The lowest BCUT2D eigenvalue weighted by Gasteiger charge is -2.19. The smallest absolute Gasteiger partial charge is 0.451 e. The van der Waals surface area contributed by atoms with Crippen LogP contribution in [-0.2, 0) is 34.8 Å². The van der Waals surface area contributed by atoms with Gasteiger partial charge >= 0.3 is 30.3 Å². The number of alkyl halides is 6. The summed E-state index contributed by atoms with van der Waals surface area (Å²) in [5, 5.41) is 0. The fourth-order valence-corrected chi connectivity index (χ4v) is 3.70. The molecule has 20 heteroatoms. The molecule has 4 aromatic heterocycles. The minimum atomic E-state index is -4.63. The van der Waals surface area contributed by atoms with Crippen molar-refractivity contribution >= 4 is 18.4 Å². The molecular weight excluding hydrogens is 700 g/mol. The molecular formula is C30H34ClF6N9O4. The predicted molar refractivity (Wildman–Crippen MR) is 168 cm³/mol. The van der Waals surface area contributed by atoms with E-state index in [-0.39, 0.29) is 55.3 Å². The molecule has 0 spiro atoms. The average molecular weight is 734 g/mol. The Morgan fingerprint density at radius 1 is 0.700 bits per heavy atom. The number of hydrogen-bond donors (Lipinski definition) is 1. The third-order valence-corrected chi connectivity index (χ3v) is 5.68. The third-order valence-electron chi connectivity index (χ3n) is 5.68. The van der Waals surface area contributed by atoms with E-state index >= 15 is 0 Å². The maximum absolute atomic E-state index is 12.6. The van der Waals surface area contributed by atoms with Crippen LogP contribution in [0.1, 0.15) is 64.1 Å². The number of aromatic nitrogens is 8. The molecule has 0 saturated carbocycles. The lowest BCUT2D eigenvalue weighted by atomic mass is 10.1. The maximum Gasteiger partial charge on any atom is 0.451 e.